The molecule has 0 aliphatic heterocycles. The Kier molecular flexibility index (Phi) is 12.8. The molecule has 0 saturated heterocycles. The molecule has 0 N–H and O–H groups in total. The van der Waals surface area contributed by atoms with E-state index in [0.717, 1.165) is 18.4 Å². The van der Waals surface area contributed by atoms with Crippen molar-refractivity contribution in [1.29, 1.82) is 0 Å². The summed E-state index contributed by atoms with van der Waals surface area (Å²) in [6.07, 6.45) is 25.6. The van der Waals surface area contributed by atoms with Crippen molar-refractivity contribution in [2.24, 2.45) is 0 Å². The molecular weight excluding hydrogens is 370 g/mol. The van der Waals surface area contributed by atoms with Gasteiger partial charge in [0, 0.05) is 11.6 Å². The molecule has 2 rings (SSSR count). The third kappa shape index (κ3) is 9.18. The fraction of sp³-hybridized carbons (Fsp3) is 0.778. The lowest BCUT2D eigenvalue weighted by Gasteiger charge is -2.11. The van der Waals surface area contributed by atoms with Crippen molar-refractivity contribution in [3.05, 3.63) is 39.4 Å². The molecule has 0 bridgehead atoms. The first-order valence-electron chi connectivity index (χ1n) is 13.0. The van der Waals surface area contributed by atoms with E-state index < -0.39 is 0 Å². The van der Waals surface area contributed by atoms with E-state index in [9.17, 15) is 10.1 Å². The Balaban J connectivity index is 1.40. The first-order valence-corrected chi connectivity index (χ1v) is 13.0. The standard InChI is InChI=1S/C27H45NO2/c1-2-3-4-5-6-7-8-9-10-11-12-13-14-15-16-17-19-24-22-23-26-25(24)20-18-21-27(26)28(29)30/h18,20-21,24H,2-17,19,22-23H2,1H3. The summed E-state index contributed by atoms with van der Waals surface area (Å²) in [4.78, 5) is 11.0. The molecule has 30 heavy (non-hydrogen) atoms. The third-order valence-corrected chi connectivity index (χ3v) is 6.97. The predicted molar refractivity (Wildman–Crippen MR) is 128 cm³/mol. The van der Waals surface area contributed by atoms with Gasteiger partial charge in [-0.15, -0.1) is 0 Å². The van der Waals surface area contributed by atoms with Crippen LogP contribution in [0.15, 0.2) is 18.2 Å². The molecule has 0 amide bonds. The highest BCUT2D eigenvalue weighted by molar-refractivity contribution is 5.49. The first kappa shape index (κ1) is 24.9. The van der Waals surface area contributed by atoms with Crippen LogP contribution < -0.4 is 0 Å². The van der Waals surface area contributed by atoms with Gasteiger partial charge in [0.05, 0.1) is 4.92 Å². The van der Waals surface area contributed by atoms with Crippen molar-refractivity contribution in [2.75, 3.05) is 0 Å². The fourth-order valence-corrected chi connectivity index (χ4v) is 5.13. The Morgan fingerprint density at radius 2 is 1.30 bits per heavy atom. The van der Waals surface area contributed by atoms with Crippen LogP contribution in [0, 0.1) is 10.1 Å². The number of hydrogen-bond donors (Lipinski definition) is 0. The van der Waals surface area contributed by atoms with Crippen LogP contribution >= 0.6 is 0 Å². The second-order valence-corrected chi connectivity index (χ2v) is 9.43. The predicted octanol–water partition coefficient (Wildman–Crippen LogP) is 9.28. The Bertz CT molecular complexity index is 599. The maximum absolute atomic E-state index is 11.2. The summed E-state index contributed by atoms with van der Waals surface area (Å²) in [5.41, 5.74) is 2.59. The van der Waals surface area contributed by atoms with Gasteiger partial charge < -0.3 is 0 Å². The Morgan fingerprint density at radius 3 is 1.80 bits per heavy atom. The second kappa shape index (κ2) is 15.4. The summed E-state index contributed by atoms with van der Waals surface area (Å²) >= 11 is 0. The van der Waals surface area contributed by atoms with Crippen molar-refractivity contribution in [3.63, 3.8) is 0 Å². The van der Waals surface area contributed by atoms with Gasteiger partial charge in [0.25, 0.3) is 5.69 Å². The number of rotatable bonds is 18. The molecular formula is C27H45NO2. The zero-order valence-corrected chi connectivity index (χ0v) is 19.5. The second-order valence-electron chi connectivity index (χ2n) is 9.43. The fourth-order valence-electron chi connectivity index (χ4n) is 5.13. The lowest BCUT2D eigenvalue weighted by atomic mass is 9.94. The number of unbranched alkanes of at least 4 members (excludes halogenated alkanes) is 15. The molecule has 0 fully saturated rings. The van der Waals surface area contributed by atoms with E-state index >= 15 is 0 Å². The summed E-state index contributed by atoms with van der Waals surface area (Å²) in [5, 5.41) is 11.2. The van der Waals surface area contributed by atoms with Gasteiger partial charge in [0.2, 0.25) is 0 Å². The normalized spacial score (nSPS) is 15.4. The first-order chi connectivity index (χ1) is 14.7. The number of hydrogen-bond acceptors (Lipinski definition) is 2. The number of fused-ring (bicyclic) bond motifs is 1. The van der Waals surface area contributed by atoms with E-state index in [-0.39, 0.29) is 4.92 Å². The number of nitro benzene ring substituents is 1. The molecule has 1 aromatic rings. The molecule has 3 heteroatoms. The van der Waals surface area contributed by atoms with Crippen LogP contribution in [-0.2, 0) is 6.42 Å². The minimum atomic E-state index is -0.212. The molecule has 1 unspecified atom stereocenters. The van der Waals surface area contributed by atoms with E-state index in [1.54, 1.807) is 6.07 Å². The lowest BCUT2D eigenvalue weighted by molar-refractivity contribution is -0.385. The Morgan fingerprint density at radius 1 is 0.800 bits per heavy atom. The van der Waals surface area contributed by atoms with E-state index in [1.807, 2.05) is 6.07 Å². The van der Waals surface area contributed by atoms with Gasteiger partial charge >= 0.3 is 0 Å². The van der Waals surface area contributed by atoms with Crippen molar-refractivity contribution in [1.82, 2.24) is 0 Å². The summed E-state index contributed by atoms with van der Waals surface area (Å²) in [6.45, 7) is 2.28. The molecule has 0 spiro atoms. The van der Waals surface area contributed by atoms with Gasteiger partial charge in [-0.1, -0.05) is 122 Å². The Labute approximate surface area is 185 Å². The number of nitrogens with zero attached hydrogens (tertiary/aromatic N) is 1. The quantitative estimate of drug-likeness (QED) is 0.136. The average Bonchev–Trinajstić information content (AvgIpc) is 3.16. The van der Waals surface area contributed by atoms with Crippen LogP contribution in [0.1, 0.15) is 140 Å². The van der Waals surface area contributed by atoms with Crippen LogP contribution in [-0.4, -0.2) is 4.92 Å². The zero-order valence-electron chi connectivity index (χ0n) is 19.5. The van der Waals surface area contributed by atoms with Crippen LogP contribution in [0.5, 0.6) is 0 Å². The van der Waals surface area contributed by atoms with Crippen LogP contribution in [0.2, 0.25) is 0 Å². The van der Waals surface area contributed by atoms with E-state index in [4.69, 9.17) is 0 Å². The summed E-state index contributed by atoms with van der Waals surface area (Å²) < 4.78 is 0. The highest BCUT2D eigenvalue weighted by Gasteiger charge is 2.28. The monoisotopic (exact) mass is 415 g/mol. The molecule has 1 atom stereocenters. The van der Waals surface area contributed by atoms with Crippen molar-refractivity contribution in [3.8, 4) is 0 Å². The van der Waals surface area contributed by atoms with Crippen molar-refractivity contribution in [2.45, 2.75) is 135 Å². The van der Waals surface area contributed by atoms with E-state index in [2.05, 4.69) is 13.0 Å². The molecule has 1 aliphatic rings. The topological polar surface area (TPSA) is 43.1 Å². The molecule has 0 heterocycles. The molecule has 1 aromatic carbocycles. The molecule has 0 radical (unpaired) electrons. The molecule has 3 nitrogen and oxygen atoms in total. The molecule has 1 aliphatic carbocycles. The number of benzene rings is 1. The third-order valence-electron chi connectivity index (χ3n) is 6.97. The maximum Gasteiger partial charge on any atom is 0.272 e. The van der Waals surface area contributed by atoms with Gasteiger partial charge in [-0.25, -0.2) is 0 Å². The average molecular weight is 416 g/mol. The minimum absolute atomic E-state index is 0.212. The molecule has 0 saturated carbocycles. The van der Waals surface area contributed by atoms with Crippen LogP contribution in [0.3, 0.4) is 0 Å². The van der Waals surface area contributed by atoms with Gasteiger partial charge in [0.15, 0.2) is 0 Å². The van der Waals surface area contributed by atoms with Gasteiger partial charge in [-0.3, -0.25) is 10.1 Å². The van der Waals surface area contributed by atoms with Crippen molar-refractivity contribution < 1.29 is 4.92 Å². The lowest BCUT2D eigenvalue weighted by Crippen LogP contribution is -1.96. The Hall–Kier alpha value is -1.38. The highest BCUT2D eigenvalue weighted by Crippen LogP contribution is 2.40. The summed E-state index contributed by atoms with van der Waals surface area (Å²) in [5.74, 6) is 0.548. The maximum atomic E-state index is 11.2. The van der Waals surface area contributed by atoms with Crippen LogP contribution in [0.25, 0.3) is 0 Å². The van der Waals surface area contributed by atoms with E-state index in [1.165, 1.54) is 115 Å². The highest BCUT2D eigenvalue weighted by atomic mass is 16.6. The smallest absolute Gasteiger partial charge is 0.258 e. The van der Waals surface area contributed by atoms with Gasteiger partial charge in [0.1, 0.15) is 0 Å². The largest absolute Gasteiger partial charge is 0.272 e. The van der Waals surface area contributed by atoms with Gasteiger partial charge in [-0.2, -0.15) is 0 Å². The SMILES string of the molecule is CCCCCCCCCCCCCCCCCCC1CCc2c1cccc2[N+](=O)[O-]. The summed E-state index contributed by atoms with van der Waals surface area (Å²) in [6, 6.07) is 5.64. The summed E-state index contributed by atoms with van der Waals surface area (Å²) in [7, 11) is 0. The van der Waals surface area contributed by atoms with E-state index in [0.29, 0.717) is 11.6 Å². The van der Waals surface area contributed by atoms with Gasteiger partial charge in [-0.05, 0) is 30.7 Å². The minimum Gasteiger partial charge on any atom is -0.258 e. The zero-order chi connectivity index (χ0) is 21.4. The van der Waals surface area contributed by atoms with Crippen molar-refractivity contribution >= 4 is 5.69 Å². The molecule has 170 valence electrons. The van der Waals surface area contributed by atoms with Crippen LogP contribution in [0.4, 0.5) is 5.69 Å². The number of nitro groups is 1. The molecule has 0 aromatic heterocycles.